The Morgan fingerprint density at radius 1 is 1.11 bits per heavy atom. The highest BCUT2D eigenvalue weighted by Crippen LogP contribution is 2.47. The van der Waals surface area contributed by atoms with E-state index in [0.717, 1.165) is 23.8 Å². The molecule has 0 aromatic rings. The molecule has 0 bridgehead atoms. The summed E-state index contributed by atoms with van der Waals surface area (Å²) in [5, 5.41) is 3.96. The zero-order valence-electron chi connectivity index (χ0n) is 13.7. The van der Waals surface area contributed by atoms with Gasteiger partial charge < -0.3 is 5.32 Å². The number of hydrogen-bond acceptors (Lipinski definition) is 1. The molecule has 0 spiro atoms. The van der Waals surface area contributed by atoms with E-state index in [2.05, 4.69) is 33.0 Å². The lowest BCUT2D eigenvalue weighted by Gasteiger charge is -2.44. The first-order valence-corrected chi connectivity index (χ1v) is 8.80. The van der Waals surface area contributed by atoms with Gasteiger partial charge in [0.15, 0.2) is 0 Å². The molecule has 0 saturated heterocycles. The van der Waals surface area contributed by atoms with E-state index in [0.29, 0.717) is 5.41 Å². The molecular weight excluding hydrogens is 230 g/mol. The molecule has 0 amide bonds. The Balaban J connectivity index is 2.04. The van der Waals surface area contributed by atoms with Crippen LogP contribution in [0.2, 0.25) is 0 Å². The molecule has 4 atom stereocenters. The third-order valence-electron chi connectivity index (χ3n) is 6.22. The monoisotopic (exact) mass is 265 g/mol. The molecule has 0 aromatic heterocycles. The Kier molecular flexibility index (Phi) is 5.34. The lowest BCUT2D eigenvalue weighted by molar-refractivity contribution is 0.0949. The molecule has 1 heteroatoms. The zero-order chi connectivity index (χ0) is 13.9. The van der Waals surface area contributed by atoms with E-state index in [-0.39, 0.29) is 0 Å². The first-order chi connectivity index (χ1) is 9.07. The number of rotatable bonds is 5. The van der Waals surface area contributed by atoms with Crippen LogP contribution in [0, 0.1) is 23.2 Å². The molecule has 0 aliphatic heterocycles. The topological polar surface area (TPSA) is 12.0 Å². The summed E-state index contributed by atoms with van der Waals surface area (Å²) in [5.74, 6) is 2.80. The molecule has 1 nitrogen and oxygen atoms in total. The summed E-state index contributed by atoms with van der Waals surface area (Å²) in [7, 11) is 0. The van der Waals surface area contributed by atoms with Gasteiger partial charge in [-0.25, -0.2) is 0 Å². The lowest BCUT2D eigenvalue weighted by atomic mass is 9.66. The van der Waals surface area contributed by atoms with E-state index in [1.165, 1.54) is 57.9 Å². The van der Waals surface area contributed by atoms with Gasteiger partial charge in [-0.2, -0.15) is 0 Å². The van der Waals surface area contributed by atoms with Crippen molar-refractivity contribution in [3.8, 4) is 0 Å². The minimum absolute atomic E-state index is 0.583. The van der Waals surface area contributed by atoms with Gasteiger partial charge >= 0.3 is 0 Å². The van der Waals surface area contributed by atoms with Gasteiger partial charge in [-0.15, -0.1) is 0 Å². The second-order valence-corrected chi connectivity index (χ2v) is 7.82. The van der Waals surface area contributed by atoms with Crippen molar-refractivity contribution in [3.05, 3.63) is 0 Å². The molecule has 0 aromatic carbocycles. The Hall–Kier alpha value is -0.0400. The van der Waals surface area contributed by atoms with Crippen molar-refractivity contribution in [1.29, 1.82) is 0 Å². The van der Waals surface area contributed by atoms with Crippen LogP contribution < -0.4 is 5.32 Å². The summed E-state index contributed by atoms with van der Waals surface area (Å²) in [6.07, 6.45) is 11.5. The van der Waals surface area contributed by atoms with Crippen molar-refractivity contribution in [2.24, 2.45) is 23.2 Å². The van der Waals surface area contributed by atoms with Crippen LogP contribution >= 0.6 is 0 Å². The minimum atomic E-state index is 0.583. The van der Waals surface area contributed by atoms with Crippen LogP contribution in [0.1, 0.15) is 79.1 Å². The Labute approximate surface area is 120 Å². The predicted octanol–water partition coefficient (Wildman–Crippen LogP) is 5.01. The summed E-state index contributed by atoms with van der Waals surface area (Å²) in [5.41, 5.74) is 0.583. The summed E-state index contributed by atoms with van der Waals surface area (Å²) < 4.78 is 0. The summed E-state index contributed by atoms with van der Waals surface area (Å²) in [4.78, 5) is 0. The highest BCUT2D eigenvalue weighted by Gasteiger charge is 2.42. The van der Waals surface area contributed by atoms with Gasteiger partial charge in [0, 0.05) is 6.04 Å². The van der Waals surface area contributed by atoms with E-state index >= 15 is 0 Å². The quantitative estimate of drug-likeness (QED) is 0.737. The van der Waals surface area contributed by atoms with Gasteiger partial charge in [0.1, 0.15) is 0 Å². The van der Waals surface area contributed by atoms with Gasteiger partial charge in [-0.3, -0.25) is 0 Å². The van der Waals surface area contributed by atoms with Crippen LogP contribution in [0.25, 0.3) is 0 Å². The fourth-order valence-corrected chi connectivity index (χ4v) is 4.67. The molecule has 0 heterocycles. The smallest absolute Gasteiger partial charge is 0.0149 e. The molecule has 2 saturated carbocycles. The second kappa shape index (κ2) is 6.61. The highest BCUT2D eigenvalue weighted by atomic mass is 14.9. The molecule has 19 heavy (non-hydrogen) atoms. The van der Waals surface area contributed by atoms with E-state index < -0.39 is 0 Å². The lowest BCUT2D eigenvalue weighted by Crippen LogP contribution is -2.49. The third kappa shape index (κ3) is 3.54. The summed E-state index contributed by atoms with van der Waals surface area (Å²) in [6, 6.07) is 0.782. The normalized spacial score (nSPS) is 36.3. The van der Waals surface area contributed by atoms with Crippen LogP contribution in [0.5, 0.6) is 0 Å². The second-order valence-electron chi connectivity index (χ2n) is 7.82. The van der Waals surface area contributed by atoms with Gasteiger partial charge in [0.05, 0.1) is 0 Å². The van der Waals surface area contributed by atoms with Crippen molar-refractivity contribution in [1.82, 2.24) is 5.32 Å². The van der Waals surface area contributed by atoms with Crippen molar-refractivity contribution in [2.45, 2.75) is 85.1 Å². The maximum Gasteiger partial charge on any atom is 0.0149 e. The largest absolute Gasteiger partial charge is 0.313 e. The molecule has 0 radical (unpaired) electrons. The van der Waals surface area contributed by atoms with Gasteiger partial charge in [0.25, 0.3) is 0 Å². The average Bonchev–Trinajstić information content (AvgIpc) is 2.82. The molecule has 2 aliphatic carbocycles. The van der Waals surface area contributed by atoms with Gasteiger partial charge in [-0.05, 0) is 61.8 Å². The molecular formula is C18H35N. The van der Waals surface area contributed by atoms with Gasteiger partial charge in [0.2, 0.25) is 0 Å². The van der Waals surface area contributed by atoms with Crippen molar-refractivity contribution in [3.63, 3.8) is 0 Å². The van der Waals surface area contributed by atoms with Crippen molar-refractivity contribution in [2.75, 3.05) is 6.54 Å². The minimum Gasteiger partial charge on any atom is -0.313 e. The van der Waals surface area contributed by atoms with E-state index in [4.69, 9.17) is 0 Å². The average molecular weight is 265 g/mol. The standard InChI is InChI=1S/C18H35N/c1-5-12-19-17(18(4)10-6-7-11-18)16-9-8-14(2)15(3)13-16/h14-17,19H,5-13H2,1-4H3. The first-order valence-electron chi connectivity index (χ1n) is 8.80. The zero-order valence-corrected chi connectivity index (χ0v) is 13.7. The summed E-state index contributed by atoms with van der Waals surface area (Å²) in [6.45, 7) is 11.0. The van der Waals surface area contributed by atoms with Crippen molar-refractivity contribution >= 4 is 0 Å². The van der Waals surface area contributed by atoms with Crippen LogP contribution in [0.4, 0.5) is 0 Å². The molecule has 1 N–H and O–H groups in total. The van der Waals surface area contributed by atoms with E-state index in [9.17, 15) is 0 Å². The molecule has 2 fully saturated rings. The SMILES string of the molecule is CCCNC(C1CCC(C)C(C)C1)C1(C)CCCC1. The first kappa shape index (κ1) is 15.4. The van der Waals surface area contributed by atoms with Crippen LogP contribution in [0.15, 0.2) is 0 Å². The van der Waals surface area contributed by atoms with Crippen LogP contribution in [-0.4, -0.2) is 12.6 Å². The maximum atomic E-state index is 3.96. The third-order valence-corrected chi connectivity index (χ3v) is 6.22. The number of nitrogens with one attached hydrogen (secondary N) is 1. The Bertz CT molecular complexity index is 267. The number of hydrogen-bond donors (Lipinski definition) is 1. The fraction of sp³-hybridized carbons (Fsp3) is 1.00. The Morgan fingerprint density at radius 3 is 2.37 bits per heavy atom. The van der Waals surface area contributed by atoms with Crippen LogP contribution in [0.3, 0.4) is 0 Å². The predicted molar refractivity (Wildman–Crippen MR) is 84.3 cm³/mol. The van der Waals surface area contributed by atoms with Gasteiger partial charge in [-0.1, -0.05) is 47.0 Å². The molecule has 112 valence electrons. The molecule has 4 unspecified atom stereocenters. The van der Waals surface area contributed by atoms with E-state index in [1.54, 1.807) is 0 Å². The Morgan fingerprint density at radius 2 is 1.79 bits per heavy atom. The highest BCUT2D eigenvalue weighted by molar-refractivity contribution is 4.96. The van der Waals surface area contributed by atoms with E-state index in [1.807, 2.05) is 0 Å². The maximum absolute atomic E-state index is 3.96. The van der Waals surface area contributed by atoms with Crippen LogP contribution in [-0.2, 0) is 0 Å². The molecule has 2 rings (SSSR count). The fourth-order valence-electron chi connectivity index (χ4n) is 4.67. The summed E-state index contributed by atoms with van der Waals surface area (Å²) >= 11 is 0. The van der Waals surface area contributed by atoms with Crippen molar-refractivity contribution < 1.29 is 0 Å². The molecule has 2 aliphatic rings.